The van der Waals surface area contributed by atoms with Gasteiger partial charge in [-0.15, -0.1) is 0 Å². The van der Waals surface area contributed by atoms with Gasteiger partial charge < -0.3 is 14.4 Å². The zero-order valence-corrected chi connectivity index (χ0v) is 12.8. The van der Waals surface area contributed by atoms with Gasteiger partial charge in [0.1, 0.15) is 6.26 Å². The first kappa shape index (κ1) is 15.3. The van der Waals surface area contributed by atoms with Crippen LogP contribution in [0.5, 0.6) is 0 Å². The summed E-state index contributed by atoms with van der Waals surface area (Å²) in [4.78, 5) is 24.9. The first-order chi connectivity index (χ1) is 11.1. The lowest BCUT2D eigenvalue weighted by molar-refractivity contribution is 0.0656. The largest absolute Gasteiger partial charge is 0.478 e. The van der Waals surface area contributed by atoms with E-state index in [1.807, 2.05) is 18.2 Å². The molecule has 1 fully saturated rings. The molecular formula is C18H19NO4. The molecule has 0 unspecified atom stereocenters. The molecule has 1 aromatic carbocycles. The van der Waals surface area contributed by atoms with Gasteiger partial charge >= 0.3 is 5.97 Å². The molecule has 1 aliphatic heterocycles. The number of amides is 1. The molecule has 0 atom stereocenters. The number of aromatic carboxylic acids is 1. The lowest BCUT2D eigenvalue weighted by Gasteiger charge is -2.31. The topological polar surface area (TPSA) is 70.7 Å². The molecule has 0 saturated carbocycles. The average molecular weight is 313 g/mol. The molecule has 23 heavy (non-hydrogen) atoms. The van der Waals surface area contributed by atoms with E-state index in [1.165, 1.54) is 11.6 Å². The summed E-state index contributed by atoms with van der Waals surface area (Å²) in [6.07, 6.45) is 4.05. The van der Waals surface area contributed by atoms with Crippen LogP contribution in [0.3, 0.4) is 0 Å². The number of furan rings is 1. The van der Waals surface area contributed by atoms with Gasteiger partial charge in [-0.25, -0.2) is 4.79 Å². The number of hydrogen-bond donors (Lipinski definition) is 1. The molecule has 1 aromatic heterocycles. The second kappa shape index (κ2) is 6.69. The van der Waals surface area contributed by atoms with E-state index < -0.39 is 5.97 Å². The minimum atomic E-state index is -1.09. The van der Waals surface area contributed by atoms with E-state index in [1.54, 1.807) is 4.90 Å². The van der Waals surface area contributed by atoms with Gasteiger partial charge in [0.2, 0.25) is 0 Å². The van der Waals surface area contributed by atoms with Gasteiger partial charge in [0.05, 0.1) is 5.56 Å². The van der Waals surface area contributed by atoms with Crippen molar-refractivity contribution in [2.45, 2.75) is 19.3 Å². The van der Waals surface area contributed by atoms with Crippen LogP contribution in [-0.2, 0) is 6.42 Å². The van der Waals surface area contributed by atoms with Crippen molar-refractivity contribution in [3.63, 3.8) is 0 Å². The number of likely N-dealkylation sites (tertiary alicyclic amines) is 1. The van der Waals surface area contributed by atoms with Gasteiger partial charge in [-0.2, -0.15) is 0 Å². The molecule has 120 valence electrons. The van der Waals surface area contributed by atoms with Crippen LogP contribution in [0.4, 0.5) is 0 Å². The molecule has 1 saturated heterocycles. The fourth-order valence-corrected chi connectivity index (χ4v) is 3.00. The van der Waals surface area contributed by atoms with Crippen molar-refractivity contribution in [1.29, 1.82) is 0 Å². The van der Waals surface area contributed by atoms with E-state index in [0.29, 0.717) is 19.0 Å². The van der Waals surface area contributed by atoms with E-state index in [0.717, 1.165) is 25.5 Å². The molecule has 1 amide bonds. The second-order valence-electron chi connectivity index (χ2n) is 5.93. The number of piperidine rings is 1. The van der Waals surface area contributed by atoms with Gasteiger partial charge in [-0.3, -0.25) is 4.79 Å². The van der Waals surface area contributed by atoms with Crippen molar-refractivity contribution < 1.29 is 19.1 Å². The first-order valence-corrected chi connectivity index (χ1v) is 7.78. The molecule has 5 heteroatoms. The number of nitrogens with zero attached hydrogens (tertiary/aromatic N) is 1. The third-order valence-corrected chi connectivity index (χ3v) is 4.33. The van der Waals surface area contributed by atoms with Gasteiger partial charge in [0.25, 0.3) is 5.91 Å². The fraction of sp³-hybridized carbons (Fsp3) is 0.333. The molecule has 5 nitrogen and oxygen atoms in total. The summed E-state index contributed by atoms with van der Waals surface area (Å²) in [6.45, 7) is 1.36. The molecule has 0 bridgehead atoms. The van der Waals surface area contributed by atoms with Crippen LogP contribution < -0.4 is 0 Å². The molecular weight excluding hydrogens is 294 g/mol. The van der Waals surface area contributed by atoms with Crippen molar-refractivity contribution in [3.05, 3.63) is 59.5 Å². The number of rotatable bonds is 4. The Bertz CT molecular complexity index is 684. The maximum Gasteiger partial charge on any atom is 0.338 e. The maximum atomic E-state index is 12.3. The number of hydrogen-bond acceptors (Lipinski definition) is 3. The highest BCUT2D eigenvalue weighted by Crippen LogP contribution is 2.23. The Hall–Kier alpha value is -2.56. The minimum Gasteiger partial charge on any atom is -0.478 e. The van der Waals surface area contributed by atoms with Crippen LogP contribution in [0.1, 0.15) is 39.3 Å². The Morgan fingerprint density at radius 1 is 1.17 bits per heavy atom. The summed E-state index contributed by atoms with van der Waals surface area (Å²) in [5.41, 5.74) is 1.33. The van der Waals surface area contributed by atoms with E-state index in [-0.39, 0.29) is 17.2 Å². The molecule has 3 rings (SSSR count). The standard InChI is InChI=1S/C18H19NO4/c20-17(16-11-15(12-23-16)18(21)22)19-8-6-14(7-9-19)10-13-4-2-1-3-5-13/h1-5,11-12,14H,6-10H2,(H,21,22). The normalized spacial score (nSPS) is 15.6. The molecule has 0 aliphatic carbocycles. The molecule has 2 heterocycles. The van der Waals surface area contributed by atoms with Crippen molar-refractivity contribution in [2.75, 3.05) is 13.1 Å². The average Bonchev–Trinajstić information content (AvgIpc) is 3.06. The number of carbonyl (C=O) groups is 2. The van der Waals surface area contributed by atoms with Crippen molar-refractivity contribution >= 4 is 11.9 Å². The molecule has 2 aromatic rings. The van der Waals surface area contributed by atoms with E-state index in [2.05, 4.69) is 12.1 Å². The summed E-state index contributed by atoms with van der Waals surface area (Å²) in [6, 6.07) is 11.7. The van der Waals surface area contributed by atoms with Crippen molar-refractivity contribution in [1.82, 2.24) is 4.90 Å². The van der Waals surface area contributed by atoms with Crippen LogP contribution in [-0.4, -0.2) is 35.0 Å². The zero-order chi connectivity index (χ0) is 16.2. The van der Waals surface area contributed by atoms with E-state index in [9.17, 15) is 9.59 Å². The Kier molecular flexibility index (Phi) is 4.46. The van der Waals surface area contributed by atoms with Crippen molar-refractivity contribution in [3.8, 4) is 0 Å². The quantitative estimate of drug-likeness (QED) is 0.941. The summed E-state index contributed by atoms with van der Waals surface area (Å²) < 4.78 is 5.09. The molecule has 0 spiro atoms. The van der Waals surface area contributed by atoms with Crippen LogP contribution in [0.15, 0.2) is 47.1 Å². The predicted molar refractivity (Wildman–Crippen MR) is 84.4 cm³/mol. The van der Waals surface area contributed by atoms with Crippen LogP contribution in [0, 0.1) is 5.92 Å². The van der Waals surface area contributed by atoms with E-state index >= 15 is 0 Å². The Morgan fingerprint density at radius 2 is 1.87 bits per heavy atom. The van der Waals surface area contributed by atoms with E-state index in [4.69, 9.17) is 9.52 Å². The lowest BCUT2D eigenvalue weighted by Crippen LogP contribution is -2.38. The minimum absolute atomic E-state index is 0.00677. The number of benzene rings is 1. The molecule has 1 N–H and O–H groups in total. The first-order valence-electron chi connectivity index (χ1n) is 7.78. The number of carboxylic acid groups (broad SMARTS) is 1. The summed E-state index contributed by atoms with van der Waals surface area (Å²) >= 11 is 0. The zero-order valence-electron chi connectivity index (χ0n) is 12.8. The highest BCUT2D eigenvalue weighted by atomic mass is 16.4. The number of carboxylic acids is 1. The van der Waals surface area contributed by atoms with Gasteiger partial charge in [-0.05, 0) is 30.7 Å². The van der Waals surface area contributed by atoms with Crippen LogP contribution in [0.2, 0.25) is 0 Å². The Labute approximate surface area is 134 Å². The fourth-order valence-electron chi connectivity index (χ4n) is 3.00. The Balaban J connectivity index is 1.55. The smallest absolute Gasteiger partial charge is 0.338 e. The lowest BCUT2D eigenvalue weighted by atomic mass is 9.90. The Morgan fingerprint density at radius 3 is 2.48 bits per heavy atom. The highest BCUT2D eigenvalue weighted by Gasteiger charge is 2.26. The third kappa shape index (κ3) is 3.62. The monoisotopic (exact) mass is 313 g/mol. The number of carbonyl (C=O) groups excluding carboxylic acids is 1. The molecule has 1 aliphatic rings. The second-order valence-corrected chi connectivity index (χ2v) is 5.93. The van der Waals surface area contributed by atoms with Gasteiger partial charge in [-0.1, -0.05) is 30.3 Å². The summed E-state index contributed by atoms with van der Waals surface area (Å²) in [5.74, 6) is -0.637. The van der Waals surface area contributed by atoms with Crippen LogP contribution in [0.25, 0.3) is 0 Å². The molecule has 0 radical (unpaired) electrons. The summed E-state index contributed by atoms with van der Waals surface area (Å²) in [7, 11) is 0. The van der Waals surface area contributed by atoms with Crippen molar-refractivity contribution in [2.24, 2.45) is 5.92 Å². The maximum absolute atomic E-state index is 12.3. The van der Waals surface area contributed by atoms with Gasteiger partial charge in [0.15, 0.2) is 5.76 Å². The predicted octanol–water partition coefficient (Wildman–Crippen LogP) is 3.07. The summed E-state index contributed by atoms with van der Waals surface area (Å²) in [5, 5.41) is 8.88. The van der Waals surface area contributed by atoms with Crippen LogP contribution >= 0.6 is 0 Å². The SMILES string of the molecule is O=C(O)c1coc(C(=O)N2CCC(Cc3ccccc3)CC2)c1. The highest BCUT2D eigenvalue weighted by molar-refractivity contribution is 5.95. The third-order valence-electron chi connectivity index (χ3n) is 4.33. The van der Waals surface area contributed by atoms with Gasteiger partial charge in [0, 0.05) is 19.2 Å².